The molecule has 0 spiro atoms. The van der Waals surface area contributed by atoms with Gasteiger partial charge in [-0.15, -0.1) is 0 Å². The van der Waals surface area contributed by atoms with Crippen LogP contribution in [0.2, 0.25) is 0 Å². The van der Waals surface area contributed by atoms with Crippen molar-refractivity contribution >= 4 is 26.8 Å². The highest BCUT2D eigenvalue weighted by Crippen LogP contribution is 2.31. The maximum atomic E-state index is 3.56. The van der Waals surface area contributed by atoms with Crippen molar-refractivity contribution in [1.82, 2.24) is 9.88 Å². The molecule has 1 aromatic heterocycles. The molecule has 0 aliphatic heterocycles. The topological polar surface area (TPSA) is 19.0 Å². The monoisotopic (exact) mass is 292 g/mol. The molecule has 1 N–H and O–H groups in total. The molecule has 1 aromatic carbocycles. The van der Waals surface area contributed by atoms with Gasteiger partial charge in [-0.3, -0.25) is 0 Å². The van der Waals surface area contributed by atoms with E-state index in [9.17, 15) is 0 Å². The summed E-state index contributed by atoms with van der Waals surface area (Å²) in [5.41, 5.74) is 4.24. The molecule has 0 bridgehead atoms. The molecule has 0 amide bonds. The first-order valence-corrected chi connectivity index (χ1v) is 6.90. The molecule has 1 aliphatic carbocycles. The standard InChI is InChI=1S/C14H17BrN2/c1-17(2)10-4-6-14-12(8-10)11-7-9(15)3-5-13(11)16-14/h3,5,7,10,16H,4,6,8H2,1-2H3/t10-/m1/s1. The number of hydrogen-bond donors (Lipinski definition) is 1. The zero-order valence-electron chi connectivity index (χ0n) is 10.3. The van der Waals surface area contributed by atoms with E-state index < -0.39 is 0 Å². The predicted molar refractivity (Wildman–Crippen MR) is 75.5 cm³/mol. The van der Waals surface area contributed by atoms with Gasteiger partial charge in [-0.2, -0.15) is 0 Å². The summed E-state index contributed by atoms with van der Waals surface area (Å²) in [6.07, 6.45) is 3.59. The summed E-state index contributed by atoms with van der Waals surface area (Å²) >= 11 is 3.56. The maximum Gasteiger partial charge on any atom is 0.0459 e. The van der Waals surface area contributed by atoms with Crippen LogP contribution in [-0.4, -0.2) is 30.0 Å². The molecule has 1 aliphatic rings. The third kappa shape index (κ3) is 1.91. The zero-order valence-corrected chi connectivity index (χ0v) is 11.8. The van der Waals surface area contributed by atoms with Crippen molar-refractivity contribution < 1.29 is 0 Å². The number of aryl methyl sites for hydroxylation is 1. The van der Waals surface area contributed by atoms with Crippen molar-refractivity contribution in [3.8, 4) is 0 Å². The summed E-state index contributed by atoms with van der Waals surface area (Å²) in [4.78, 5) is 5.91. The van der Waals surface area contributed by atoms with Crippen molar-refractivity contribution in [1.29, 1.82) is 0 Å². The Morgan fingerprint density at radius 2 is 2.18 bits per heavy atom. The minimum absolute atomic E-state index is 0.681. The van der Waals surface area contributed by atoms with Crippen molar-refractivity contribution in [3.63, 3.8) is 0 Å². The van der Waals surface area contributed by atoms with Crippen molar-refractivity contribution in [2.24, 2.45) is 0 Å². The fraction of sp³-hybridized carbons (Fsp3) is 0.429. The third-order valence-corrected chi connectivity index (χ3v) is 4.35. The summed E-state index contributed by atoms with van der Waals surface area (Å²) in [6, 6.07) is 7.19. The highest BCUT2D eigenvalue weighted by Gasteiger charge is 2.23. The number of nitrogens with one attached hydrogen (secondary N) is 1. The fourth-order valence-corrected chi connectivity index (χ4v) is 3.17. The Labute approximate surface area is 110 Å². The normalized spacial score (nSPS) is 19.9. The van der Waals surface area contributed by atoms with Gasteiger partial charge in [-0.05, 0) is 57.1 Å². The molecule has 0 radical (unpaired) electrons. The molecule has 0 saturated carbocycles. The molecule has 0 fully saturated rings. The van der Waals surface area contributed by atoms with Gasteiger partial charge in [0.25, 0.3) is 0 Å². The summed E-state index contributed by atoms with van der Waals surface area (Å²) in [5.74, 6) is 0. The highest BCUT2D eigenvalue weighted by molar-refractivity contribution is 9.10. The lowest BCUT2D eigenvalue weighted by atomic mass is 9.91. The number of rotatable bonds is 1. The molecule has 0 unspecified atom stereocenters. The number of aromatic nitrogens is 1. The number of benzene rings is 1. The average Bonchev–Trinajstić information content (AvgIpc) is 2.66. The van der Waals surface area contributed by atoms with Gasteiger partial charge in [0.2, 0.25) is 0 Å². The number of hydrogen-bond acceptors (Lipinski definition) is 1. The molecule has 2 aromatic rings. The van der Waals surface area contributed by atoms with Crippen LogP contribution >= 0.6 is 15.9 Å². The first-order valence-electron chi connectivity index (χ1n) is 6.10. The van der Waals surface area contributed by atoms with Crippen molar-refractivity contribution in [2.45, 2.75) is 25.3 Å². The zero-order chi connectivity index (χ0) is 12.0. The minimum atomic E-state index is 0.681. The number of H-pyrrole nitrogens is 1. The van der Waals surface area contributed by atoms with Gasteiger partial charge in [0.05, 0.1) is 0 Å². The average molecular weight is 293 g/mol. The highest BCUT2D eigenvalue weighted by atomic mass is 79.9. The summed E-state index contributed by atoms with van der Waals surface area (Å²) in [7, 11) is 4.36. The Hall–Kier alpha value is -0.800. The largest absolute Gasteiger partial charge is 0.358 e. The van der Waals surface area contributed by atoms with Crippen LogP contribution < -0.4 is 0 Å². The van der Waals surface area contributed by atoms with Gasteiger partial charge >= 0.3 is 0 Å². The van der Waals surface area contributed by atoms with E-state index in [1.807, 2.05) is 0 Å². The Bertz CT molecular complexity index is 557. The Kier molecular flexibility index (Phi) is 2.75. The van der Waals surface area contributed by atoms with Gasteiger partial charge < -0.3 is 9.88 Å². The predicted octanol–water partition coefficient (Wildman–Crippen LogP) is 3.35. The van der Waals surface area contributed by atoms with Crippen LogP contribution in [0.1, 0.15) is 17.7 Å². The van der Waals surface area contributed by atoms with E-state index >= 15 is 0 Å². The molecule has 2 nitrogen and oxygen atoms in total. The Morgan fingerprint density at radius 3 is 2.94 bits per heavy atom. The number of likely N-dealkylation sites (N-methyl/N-ethyl adjacent to an activating group) is 1. The quantitative estimate of drug-likeness (QED) is 0.854. The second-order valence-corrected chi connectivity index (χ2v) is 6.05. The van der Waals surface area contributed by atoms with E-state index in [0.717, 1.165) is 0 Å². The molecule has 90 valence electrons. The Morgan fingerprint density at radius 1 is 1.35 bits per heavy atom. The Balaban J connectivity index is 2.10. The molecule has 1 atom stereocenters. The van der Waals surface area contributed by atoms with Gasteiger partial charge in [-0.1, -0.05) is 15.9 Å². The minimum Gasteiger partial charge on any atom is -0.358 e. The molecule has 0 saturated heterocycles. The van der Waals surface area contributed by atoms with E-state index in [4.69, 9.17) is 0 Å². The lowest BCUT2D eigenvalue weighted by Gasteiger charge is -2.28. The smallest absolute Gasteiger partial charge is 0.0459 e. The van der Waals surface area contributed by atoms with Crippen molar-refractivity contribution in [3.05, 3.63) is 33.9 Å². The molecule has 1 heterocycles. The molecular formula is C14H17BrN2. The first-order chi connectivity index (χ1) is 8.15. The number of fused-ring (bicyclic) bond motifs is 3. The second-order valence-electron chi connectivity index (χ2n) is 5.13. The summed E-state index contributed by atoms with van der Waals surface area (Å²) in [5, 5.41) is 1.39. The van der Waals surface area contributed by atoms with Crippen LogP contribution in [0, 0.1) is 0 Å². The van der Waals surface area contributed by atoms with Crippen LogP contribution in [0.15, 0.2) is 22.7 Å². The lowest BCUT2D eigenvalue weighted by Crippen LogP contribution is -2.33. The second kappa shape index (κ2) is 4.14. The maximum absolute atomic E-state index is 3.56. The van der Waals surface area contributed by atoms with Crippen LogP contribution in [-0.2, 0) is 12.8 Å². The number of aromatic amines is 1. The van der Waals surface area contributed by atoms with Gasteiger partial charge in [0.1, 0.15) is 0 Å². The molecule has 3 heteroatoms. The molecule has 3 rings (SSSR count). The van der Waals surface area contributed by atoms with Gasteiger partial charge in [0.15, 0.2) is 0 Å². The SMILES string of the molecule is CN(C)[C@@H]1CCc2[nH]c3ccc(Br)cc3c2C1. The summed E-state index contributed by atoms with van der Waals surface area (Å²) < 4.78 is 1.17. The van der Waals surface area contributed by atoms with Crippen LogP contribution in [0.5, 0.6) is 0 Å². The van der Waals surface area contributed by atoms with E-state index in [0.29, 0.717) is 6.04 Å². The summed E-state index contributed by atoms with van der Waals surface area (Å²) in [6.45, 7) is 0. The number of halogens is 1. The fourth-order valence-electron chi connectivity index (χ4n) is 2.81. The van der Waals surface area contributed by atoms with Crippen LogP contribution in [0.25, 0.3) is 10.9 Å². The number of nitrogens with zero attached hydrogens (tertiary/aromatic N) is 1. The molecular weight excluding hydrogens is 276 g/mol. The van der Waals surface area contributed by atoms with Gasteiger partial charge in [-0.25, -0.2) is 0 Å². The first kappa shape index (κ1) is 11.3. The van der Waals surface area contributed by atoms with E-state index in [1.165, 1.54) is 45.9 Å². The van der Waals surface area contributed by atoms with Crippen LogP contribution in [0.4, 0.5) is 0 Å². The van der Waals surface area contributed by atoms with Crippen LogP contribution in [0.3, 0.4) is 0 Å². The van der Waals surface area contributed by atoms with E-state index in [-0.39, 0.29) is 0 Å². The molecule has 17 heavy (non-hydrogen) atoms. The van der Waals surface area contributed by atoms with E-state index in [2.05, 4.69) is 58.1 Å². The third-order valence-electron chi connectivity index (χ3n) is 3.85. The van der Waals surface area contributed by atoms with Gasteiger partial charge in [0, 0.05) is 27.1 Å². The van der Waals surface area contributed by atoms with E-state index in [1.54, 1.807) is 0 Å². The van der Waals surface area contributed by atoms with Crippen molar-refractivity contribution in [2.75, 3.05) is 14.1 Å². The lowest BCUT2D eigenvalue weighted by molar-refractivity contribution is 0.268.